The van der Waals surface area contributed by atoms with Gasteiger partial charge in [0.05, 0.1) is 0 Å². The molecule has 0 unspecified atom stereocenters. The highest BCUT2D eigenvalue weighted by molar-refractivity contribution is 6.14. The Balaban J connectivity index is 0.977. The maximum atomic E-state index is 14.0. The Labute approximate surface area is 327 Å². The van der Waals surface area contributed by atoms with Gasteiger partial charge in [0.2, 0.25) is 0 Å². The van der Waals surface area contributed by atoms with Crippen LogP contribution < -0.4 is 16.0 Å². The van der Waals surface area contributed by atoms with Crippen LogP contribution in [0.3, 0.4) is 0 Å². The van der Waals surface area contributed by atoms with Crippen molar-refractivity contribution < 1.29 is 14.4 Å². The Morgan fingerprint density at radius 2 is 0.474 bits per heavy atom. The first kappa shape index (κ1) is 33.7. The van der Waals surface area contributed by atoms with Crippen LogP contribution in [0.5, 0.6) is 0 Å². The number of nitrogens with one attached hydrogen (secondary N) is 3. The number of carbonyl (C=O) groups excluding carboxylic acids is 3. The van der Waals surface area contributed by atoms with Crippen LogP contribution in [0.1, 0.15) is 31.1 Å². The Morgan fingerprint density at radius 3 is 0.737 bits per heavy atom. The van der Waals surface area contributed by atoms with Crippen molar-refractivity contribution in [2.45, 2.75) is 0 Å². The van der Waals surface area contributed by atoms with Crippen molar-refractivity contribution >= 4 is 99.4 Å². The zero-order chi connectivity index (χ0) is 38.5. The topological polar surface area (TPSA) is 87.3 Å². The third-order valence-electron chi connectivity index (χ3n) is 10.6. The van der Waals surface area contributed by atoms with Crippen molar-refractivity contribution in [3.8, 4) is 0 Å². The molecule has 0 aromatic heterocycles. The first-order valence-electron chi connectivity index (χ1n) is 18.8. The van der Waals surface area contributed by atoms with E-state index in [2.05, 4.69) is 88.7 Å². The van der Waals surface area contributed by atoms with E-state index in [4.69, 9.17) is 0 Å². The number of amides is 3. The summed E-state index contributed by atoms with van der Waals surface area (Å²) in [4.78, 5) is 41.9. The number of anilines is 3. The molecule has 0 bridgehead atoms. The van der Waals surface area contributed by atoms with Gasteiger partial charge < -0.3 is 16.0 Å². The summed E-state index contributed by atoms with van der Waals surface area (Å²) >= 11 is 0. The van der Waals surface area contributed by atoms with Crippen molar-refractivity contribution in [1.29, 1.82) is 0 Å². The quantitative estimate of drug-likeness (QED) is 0.149. The molecular weight excluding hydrogens is 703 g/mol. The zero-order valence-corrected chi connectivity index (χ0v) is 30.5. The molecule has 3 N–H and O–H groups in total. The first-order valence-corrected chi connectivity index (χ1v) is 18.8. The van der Waals surface area contributed by atoms with E-state index in [1.165, 1.54) is 18.2 Å². The van der Waals surface area contributed by atoms with Gasteiger partial charge in [-0.25, -0.2) is 0 Å². The van der Waals surface area contributed by atoms with E-state index < -0.39 is 17.7 Å². The monoisotopic (exact) mass is 735 g/mol. The molecule has 0 fully saturated rings. The summed E-state index contributed by atoms with van der Waals surface area (Å²) in [6.07, 6.45) is 0. The van der Waals surface area contributed by atoms with Crippen LogP contribution in [0.25, 0.3) is 64.6 Å². The van der Waals surface area contributed by atoms with Crippen LogP contribution in [0.15, 0.2) is 182 Å². The van der Waals surface area contributed by atoms with Crippen LogP contribution in [0, 0.1) is 0 Å². The second-order valence-electron chi connectivity index (χ2n) is 14.4. The van der Waals surface area contributed by atoms with Crippen LogP contribution in [0.4, 0.5) is 17.1 Å². The summed E-state index contributed by atoms with van der Waals surface area (Å²) < 4.78 is 0. The minimum absolute atomic E-state index is 0.168. The average Bonchev–Trinajstić information content (AvgIpc) is 3.24. The standard InChI is InChI=1S/C51H33N3O3/c55-49(52-46-16-13-37-19-31-7-1-4-10-34(31)22-40(37)28-46)43-25-44(50(56)53-47-17-14-38-20-32-8-2-5-11-35(32)23-41(38)29-47)27-45(26-43)51(57)54-48-18-15-39-21-33-9-3-6-12-36(33)24-42(39)30-48/h1-30H,(H,52,55)(H,53,56)(H,54,57). The Kier molecular flexibility index (Phi) is 8.16. The van der Waals surface area contributed by atoms with E-state index in [9.17, 15) is 14.4 Å². The lowest BCUT2D eigenvalue weighted by Crippen LogP contribution is -2.19. The molecule has 0 radical (unpaired) electrons. The lowest BCUT2D eigenvalue weighted by Gasteiger charge is -2.13. The van der Waals surface area contributed by atoms with Crippen molar-refractivity contribution in [2.24, 2.45) is 0 Å². The molecule has 270 valence electrons. The number of benzene rings is 10. The number of hydrogen-bond acceptors (Lipinski definition) is 3. The third-order valence-corrected chi connectivity index (χ3v) is 10.6. The van der Waals surface area contributed by atoms with Crippen LogP contribution in [-0.2, 0) is 0 Å². The molecule has 10 rings (SSSR count). The predicted molar refractivity (Wildman–Crippen MR) is 235 cm³/mol. The van der Waals surface area contributed by atoms with Crippen molar-refractivity contribution in [3.05, 3.63) is 199 Å². The molecule has 0 spiro atoms. The van der Waals surface area contributed by atoms with E-state index in [0.717, 1.165) is 64.6 Å². The van der Waals surface area contributed by atoms with E-state index >= 15 is 0 Å². The summed E-state index contributed by atoms with van der Waals surface area (Å²) in [5.41, 5.74) is 2.28. The lowest BCUT2D eigenvalue weighted by molar-refractivity contribution is 0.102. The Morgan fingerprint density at radius 1 is 0.246 bits per heavy atom. The minimum Gasteiger partial charge on any atom is -0.322 e. The van der Waals surface area contributed by atoms with Gasteiger partial charge >= 0.3 is 0 Å². The summed E-state index contributed by atoms with van der Waals surface area (Å²) in [7, 11) is 0. The van der Waals surface area contributed by atoms with Crippen molar-refractivity contribution in [1.82, 2.24) is 0 Å². The molecule has 6 nitrogen and oxygen atoms in total. The number of carbonyl (C=O) groups is 3. The maximum Gasteiger partial charge on any atom is 0.255 e. The normalized spacial score (nSPS) is 11.4. The second kappa shape index (κ2) is 13.8. The molecule has 0 saturated carbocycles. The van der Waals surface area contributed by atoms with Gasteiger partial charge in [-0.2, -0.15) is 0 Å². The highest BCUT2D eigenvalue weighted by Crippen LogP contribution is 2.29. The fraction of sp³-hybridized carbons (Fsp3) is 0. The van der Waals surface area contributed by atoms with Gasteiger partial charge in [0.15, 0.2) is 0 Å². The zero-order valence-electron chi connectivity index (χ0n) is 30.5. The first-order chi connectivity index (χ1) is 27.9. The fourth-order valence-corrected chi connectivity index (χ4v) is 7.68. The maximum absolute atomic E-state index is 14.0. The molecular formula is C51H33N3O3. The number of fused-ring (bicyclic) bond motifs is 6. The van der Waals surface area contributed by atoms with Crippen LogP contribution in [0.2, 0.25) is 0 Å². The van der Waals surface area contributed by atoms with E-state index in [0.29, 0.717) is 17.1 Å². The summed E-state index contributed by atoms with van der Waals surface area (Å²) in [6.45, 7) is 0. The molecule has 6 heteroatoms. The lowest BCUT2D eigenvalue weighted by atomic mass is 10.0. The van der Waals surface area contributed by atoms with E-state index in [-0.39, 0.29) is 16.7 Å². The van der Waals surface area contributed by atoms with E-state index in [1.54, 1.807) is 0 Å². The van der Waals surface area contributed by atoms with Crippen molar-refractivity contribution in [2.75, 3.05) is 16.0 Å². The molecule has 0 aliphatic heterocycles. The molecule has 0 aliphatic carbocycles. The van der Waals surface area contributed by atoms with Gasteiger partial charge in [0.1, 0.15) is 0 Å². The van der Waals surface area contributed by atoms with Gasteiger partial charge in [-0.1, -0.05) is 91.0 Å². The Bertz CT molecular complexity index is 2940. The molecule has 3 amide bonds. The highest BCUT2D eigenvalue weighted by Gasteiger charge is 2.18. The van der Waals surface area contributed by atoms with Gasteiger partial charge in [-0.05, 0) is 156 Å². The van der Waals surface area contributed by atoms with Gasteiger partial charge in [-0.15, -0.1) is 0 Å². The van der Waals surface area contributed by atoms with Gasteiger partial charge in [0, 0.05) is 33.8 Å². The number of rotatable bonds is 6. The minimum atomic E-state index is -0.450. The second-order valence-corrected chi connectivity index (χ2v) is 14.4. The molecule has 57 heavy (non-hydrogen) atoms. The third kappa shape index (κ3) is 6.66. The van der Waals surface area contributed by atoms with Crippen LogP contribution >= 0.6 is 0 Å². The largest absolute Gasteiger partial charge is 0.322 e. The molecule has 0 aliphatic rings. The average molecular weight is 736 g/mol. The summed E-state index contributed by atoms with van der Waals surface area (Å²) in [5.74, 6) is -1.35. The fourth-order valence-electron chi connectivity index (χ4n) is 7.68. The molecule has 0 saturated heterocycles. The van der Waals surface area contributed by atoms with Crippen LogP contribution in [-0.4, -0.2) is 17.7 Å². The Hall–Kier alpha value is -7.83. The molecule has 10 aromatic rings. The van der Waals surface area contributed by atoms with Crippen molar-refractivity contribution in [3.63, 3.8) is 0 Å². The van der Waals surface area contributed by atoms with Gasteiger partial charge in [-0.3, -0.25) is 14.4 Å². The molecule has 0 atom stereocenters. The smallest absolute Gasteiger partial charge is 0.255 e. The van der Waals surface area contributed by atoms with Gasteiger partial charge in [0.25, 0.3) is 17.7 Å². The SMILES string of the molecule is O=C(Nc1ccc2cc3ccccc3cc2c1)c1cc(C(=O)Nc2ccc3cc4ccccc4cc3c2)cc(C(=O)Nc2ccc3cc4ccccc4cc3c2)c1. The molecule has 10 aromatic carbocycles. The van der Waals surface area contributed by atoms with E-state index in [1.807, 2.05) is 91.0 Å². The summed E-state index contributed by atoms with van der Waals surface area (Å²) in [6, 6.07) is 58.9. The molecule has 0 heterocycles. The summed E-state index contributed by atoms with van der Waals surface area (Å²) in [5, 5.41) is 21.8. The number of hydrogen-bond donors (Lipinski definition) is 3. The predicted octanol–water partition coefficient (Wildman–Crippen LogP) is 12.4. The highest BCUT2D eigenvalue weighted by atomic mass is 16.2.